The van der Waals surface area contributed by atoms with Gasteiger partial charge in [0.2, 0.25) is 0 Å². The van der Waals surface area contributed by atoms with Crippen molar-refractivity contribution < 1.29 is 0 Å². The average Bonchev–Trinajstić information content (AvgIpc) is 3.41. The molecule has 1 N–H and O–H groups in total. The third-order valence-corrected chi connectivity index (χ3v) is 9.11. The van der Waals surface area contributed by atoms with Gasteiger partial charge in [-0.05, 0) is 35.0 Å². The van der Waals surface area contributed by atoms with Crippen molar-refractivity contribution in [2.75, 3.05) is 0 Å². The molecule has 0 fully saturated rings. The largest absolute Gasteiger partial charge is 0.361 e. The van der Waals surface area contributed by atoms with Crippen molar-refractivity contribution in [3.63, 3.8) is 0 Å². The maximum atomic E-state index is 5.33. The minimum absolute atomic E-state index is 0.0105. The van der Waals surface area contributed by atoms with E-state index in [1.807, 2.05) is 0 Å². The van der Waals surface area contributed by atoms with Crippen LogP contribution in [0.15, 0.2) is 151 Å². The Morgan fingerprint density at radius 2 is 0.972 bits per heavy atom. The molecule has 36 heavy (non-hydrogen) atoms. The van der Waals surface area contributed by atoms with Gasteiger partial charge >= 0.3 is 0 Å². The van der Waals surface area contributed by atoms with E-state index in [0.717, 1.165) is 5.84 Å². The molecule has 1 heterocycles. The van der Waals surface area contributed by atoms with Crippen LogP contribution >= 0.6 is 7.92 Å². The summed E-state index contributed by atoms with van der Waals surface area (Å²) in [5.74, 6) is 0.965. The molecule has 0 radical (unpaired) electrons. The molecule has 2 atom stereocenters. The molecule has 2 unspecified atom stereocenters. The van der Waals surface area contributed by atoms with Crippen molar-refractivity contribution in [3.8, 4) is 0 Å². The van der Waals surface area contributed by atoms with Crippen LogP contribution in [0.1, 0.15) is 28.8 Å². The second kappa shape index (κ2) is 10.3. The molecule has 5 aromatic carbocycles. The van der Waals surface area contributed by atoms with Crippen molar-refractivity contribution in [2.24, 2.45) is 4.99 Å². The van der Waals surface area contributed by atoms with Crippen LogP contribution in [0.25, 0.3) is 0 Å². The molecule has 0 aromatic heterocycles. The van der Waals surface area contributed by atoms with Crippen LogP contribution < -0.4 is 21.2 Å². The van der Waals surface area contributed by atoms with Crippen molar-refractivity contribution in [1.29, 1.82) is 0 Å². The van der Waals surface area contributed by atoms with Gasteiger partial charge in [-0.2, -0.15) is 0 Å². The van der Waals surface area contributed by atoms with Crippen molar-refractivity contribution in [2.45, 2.75) is 12.1 Å². The first kappa shape index (κ1) is 22.5. The monoisotopic (exact) mass is 482 g/mol. The molecule has 6 rings (SSSR count). The summed E-state index contributed by atoms with van der Waals surface area (Å²) >= 11 is 0. The fourth-order valence-electron chi connectivity index (χ4n) is 4.92. The summed E-state index contributed by atoms with van der Waals surface area (Å²) in [5, 5.41) is 7.82. The van der Waals surface area contributed by atoms with Crippen molar-refractivity contribution in [1.82, 2.24) is 5.32 Å². The molecule has 0 saturated heterocycles. The maximum absolute atomic E-state index is 5.33. The molecular formula is C33H27N2P. The molecule has 1 aliphatic heterocycles. The normalized spacial score (nSPS) is 17.0. The van der Waals surface area contributed by atoms with E-state index < -0.39 is 7.92 Å². The Hall–Kier alpha value is -4.00. The first-order valence-electron chi connectivity index (χ1n) is 12.3. The number of hydrogen-bond donors (Lipinski definition) is 1. The predicted molar refractivity (Wildman–Crippen MR) is 153 cm³/mol. The fourth-order valence-corrected chi connectivity index (χ4v) is 7.37. The van der Waals surface area contributed by atoms with Gasteiger partial charge in [0, 0.05) is 5.56 Å². The third-order valence-electron chi connectivity index (χ3n) is 6.60. The van der Waals surface area contributed by atoms with E-state index in [0.29, 0.717) is 0 Å². The van der Waals surface area contributed by atoms with Gasteiger partial charge in [-0.1, -0.05) is 146 Å². The number of benzene rings is 5. The smallest absolute Gasteiger partial charge is 0.130 e. The van der Waals surface area contributed by atoms with E-state index in [1.165, 1.54) is 32.6 Å². The molecule has 5 aromatic rings. The molecule has 1 aliphatic rings. The second-order valence-corrected chi connectivity index (χ2v) is 11.1. The molecule has 3 heteroatoms. The third kappa shape index (κ3) is 4.49. The van der Waals surface area contributed by atoms with Gasteiger partial charge < -0.3 is 5.32 Å². The highest BCUT2D eigenvalue weighted by Gasteiger charge is 2.33. The lowest BCUT2D eigenvalue weighted by Crippen LogP contribution is -2.31. The van der Waals surface area contributed by atoms with Crippen LogP contribution in [0, 0.1) is 0 Å². The average molecular weight is 483 g/mol. The topological polar surface area (TPSA) is 24.4 Å². The summed E-state index contributed by atoms with van der Waals surface area (Å²) in [4.78, 5) is 5.33. The number of aliphatic imine (C=N–C) groups is 1. The second-order valence-electron chi connectivity index (χ2n) is 8.89. The van der Waals surface area contributed by atoms with Crippen molar-refractivity contribution in [3.05, 3.63) is 162 Å². The molecule has 0 saturated carbocycles. The van der Waals surface area contributed by atoms with Gasteiger partial charge in [-0.25, -0.2) is 0 Å². The Kier molecular flexibility index (Phi) is 6.44. The fraction of sp³-hybridized carbons (Fsp3) is 0.0606. The standard InChI is InChI=1S/C33H27N2P/c1-5-15-25(16-6-1)31-32(26-17-7-2-8-18-26)35-33(34-31)29-23-13-14-24-30(29)36(27-19-9-3-10-20-27)28-21-11-4-12-22-28/h1-24,31-32H,(H,34,35). The number of amidine groups is 1. The van der Waals surface area contributed by atoms with Crippen LogP contribution in [0.5, 0.6) is 0 Å². The van der Waals surface area contributed by atoms with Gasteiger partial charge in [0.15, 0.2) is 0 Å². The van der Waals surface area contributed by atoms with E-state index in [2.05, 4.69) is 151 Å². The molecule has 174 valence electrons. The Labute approximate surface area is 214 Å². The molecule has 0 spiro atoms. The number of rotatable bonds is 6. The summed E-state index contributed by atoms with van der Waals surface area (Å²) in [7, 11) is -0.741. The number of hydrogen-bond acceptors (Lipinski definition) is 2. The van der Waals surface area contributed by atoms with Crippen LogP contribution in [-0.2, 0) is 0 Å². The van der Waals surface area contributed by atoms with E-state index in [4.69, 9.17) is 4.99 Å². The van der Waals surface area contributed by atoms with Crippen LogP contribution in [-0.4, -0.2) is 5.84 Å². The molecule has 2 nitrogen and oxygen atoms in total. The van der Waals surface area contributed by atoms with Crippen LogP contribution in [0.2, 0.25) is 0 Å². The highest BCUT2D eigenvalue weighted by molar-refractivity contribution is 7.80. The maximum Gasteiger partial charge on any atom is 0.130 e. The summed E-state index contributed by atoms with van der Waals surface area (Å²) < 4.78 is 0. The Bertz CT molecular complexity index is 1410. The van der Waals surface area contributed by atoms with Gasteiger partial charge in [0.25, 0.3) is 0 Å². The van der Waals surface area contributed by atoms with Crippen LogP contribution in [0.4, 0.5) is 0 Å². The van der Waals surface area contributed by atoms with Gasteiger partial charge in [-0.15, -0.1) is 0 Å². The highest BCUT2D eigenvalue weighted by atomic mass is 31.1. The lowest BCUT2D eigenvalue weighted by Gasteiger charge is -2.23. The summed E-state index contributed by atoms with van der Waals surface area (Å²) in [6, 6.07) is 51.9. The van der Waals surface area contributed by atoms with E-state index in [9.17, 15) is 0 Å². The minimum atomic E-state index is -0.741. The summed E-state index contributed by atoms with van der Waals surface area (Å²) in [6.07, 6.45) is 0. The SMILES string of the molecule is c1ccc(C2N=C(c3ccccc3P(c3ccccc3)c3ccccc3)NC2c2ccccc2)cc1. The summed E-state index contributed by atoms with van der Waals surface area (Å²) in [6.45, 7) is 0. The van der Waals surface area contributed by atoms with Gasteiger partial charge in [0.05, 0.1) is 6.04 Å². The zero-order valence-corrected chi connectivity index (χ0v) is 20.8. The van der Waals surface area contributed by atoms with Gasteiger partial charge in [-0.3, -0.25) is 4.99 Å². The molecule has 0 aliphatic carbocycles. The summed E-state index contributed by atoms with van der Waals surface area (Å²) in [5.41, 5.74) is 3.64. The molecular weight excluding hydrogens is 455 g/mol. The lowest BCUT2D eigenvalue weighted by molar-refractivity contribution is 0.572. The molecule has 0 bridgehead atoms. The van der Waals surface area contributed by atoms with Crippen LogP contribution in [0.3, 0.4) is 0 Å². The van der Waals surface area contributed by atoms with E-state index in [-0.39, 0.29) is 12.1 Å². The van der Waals surface area contributed by atoms with Gasteiger partial charge in [0.1, 0.15) is 11.9 Å². The first-order valence-corrected chi connectivity index (χ1v) is 13.7. The predicted octanol–water partition coefficient (Wildman–Crippen LogP) is 6.28. The lowest BCUT2D eigenvalue weighted by atomic mass is 9.95. The van der Waals surface area contributed by atoms with Crippen molar-refractivity contribution >= 4 is 29.7 Å². The number of nitrogens with one attached hydrogen (secondary N) is 1. The Balaban J connectivity index is 1.48. The van der Waals surface area contributed by atoms with E-state index >= 15 is 0 Å². The zero-order chi connectivity index (χ0) is 24.2. The number of nitrogens with zero attached hydrogens (tertiary/aromatic N) is 1. The zero-order valence-electron chi connectivity index (χ0n) is 19.9. The quantitative estimate of drug-likeness (QED) is 0.283. The minimum Gasteiger partial charge on any atom is -0.361 e. The first-order chi connectivity index (χ1) is 17.9. The Morgan fingerprint density at radius 1 is 0.500 bits per heavy atom. The Morgan fingerprint density at radius 3 is 1.56 bits per heavy atom. The molecule has 0 amide bonds. The van der Waals surface area contributed by atoms with E-state index in [1.54, 1.807) is 0 Å². The highest BCUT2D eigenvalue weighted by Crippen LogP contribution is 2.39.